The fourth-order valence-electron chi connectivity index (χ4n) is 2.16. The quantitative estimate of drug-likeness (QED) is 0.757. The molecule has 100 valence electrons. The van der Waals surface area contributed by atoms with Gasteiger partial charge in [-0.05, 0) is 36.4 Å². The van der Waals surface area contributed by atoms with Gasteiger partial charge in [0.2, 0.25) is 0 Å². The highest BCUT2D eigenvalue weighted by Crippen LogP contribution is 2.19. The first-order valence-corrected chi connectivity index (χ1v) is 6.26. The highest BCUT2D eigenvalue weighted by Gasteiger charge is 2.15. The highest BCUT2D eigenvalue weighted by atomic mass is 19.1. The van der Waals surface area contributed by atoms with Crippen LogP contribution >= 0.6 is 0 Å². The molecule has 0 aliphatic carbocycles. The lowest BCUT2D eigenvalue weighted by Gasteiger charge is -2.16. The molecule has 0 aliphatic heterocycles. The van der Waals surface area contributed by atoms with Crippen molar-refractivity contribution in [1.82, 2.24) is 4.98 Å². The number of aromatic amines is 1. The Bertz CT molecular complexity index is 765. The number of aromatic nitrogens is 1. The van der Waals surface area contributed by atoms with Gasteiger partial charge in [-0.3, -0.25) is 4.79 Å². The van der Waals surface area contributed by atoms with Gasteiger partial charge >= 0.3 is 0 Å². The molecule has 0 bridgehead atoms. The van der Waals surface area contributed by atoms with Gasteiger partial charge in [0.25, 0.3) is 5.91 Å². The number of carbonyl (C=O) groups excluding carboxylic acids is 1. The van der Waals surface area contributed by atoms with Crippen LogP contribution in [0.25, 0.3) is 10.9 Å². The number of rotatable bonds is 2. The molecule has 0 unspecified atom stereocenters. The first kappa shape index (κ1) is 12.4. The molecule has 0 fully saturated rings. The number of fused-ring (bicyclic) bond motifs is 1. The van der Waals surface area contributed by atoms with Gasteiger partial charge in [0.15, 0.2) is 0 Å². The number of nitrogens with zero attached hydrogens (tertiary/aromatic N) is 1. The van der Waals surface area contributed by atoms with Gasteiger partial charge < -0.3 is 9.88 Å². The summed E-state index contributed by atoms with van der Waals surface area (Å²) in [6, 6.07) is 15.5. The summed E-state index contributed by atoms with van der Waals surface area (Å²) in [5.41, 5.74) is 1.87. The summed E-state index contributed by atoms with van der Waals surface area (Å²) in [6.07, 6.45) is 0. The van der Waals surface area contributed by atoms with E-state index in [-0.39, 0.29) is 11.7 Å². The zero-order chi connectivity index (χ0) is 14.1. The average Bonchev–Trinajstić information content (AvgIpc) is 2.89. The maximum atomic E-state index is 13.2. The van der Waals surface area contributed by atoms with Crippen LogP contribution in [0, 0.1) is 5.82 Å². The Morgan fingerprint density at radius 3 is 2.60 bits per heavy atom. The van der Waals surface area contributed by atoms with E-state index in [0.717, 1.165) is 11.1 Å². The molecule has 0 saturated carbocycles. The second-order valence-electron chi connectivity index (χ2n) is 4.61. The van der Waals surface area contributed by atoms with Crippen LogP contribution < -0.4 is 4.90 Å². The molecule has 4 heteroatoms. The molecule has 1 aromatic heterocycles. The third kappa shape index (κ3) is 2.16. The Balaban J connectivity index is 1.96. The van der Waals surface area contributed by atoms with Crippen LogP contribution in [0.3, 0.4) is 0 Å². The molecule has 3 rings (SSSR count). The number of nitrogens with one attached hydrogen (secondary N) is 1. The normalized spacial score (nSPS) is 10.7. The lowest BCUT2D eigenvalue weighted by Crippen LogP contribution is -2.26. The van der Waals surface area contributed by atoms with Crippen LogP contribution in [-0.4, -0.2) is 17.9 Å². The summed E-state index contributed by atoms with van der Waals surface area (Å²) in [6.45, 7) is 0. The lowest BCUT2D eigenvalue weighted by molar-refractivity contribution is 0.0989. The molecule has 0 spiro atoms. The molecule has 20 heavy (non-hydrogen) atoms. The monoisotopic (exact) mass is 268 g/mol. The fraction of sp³-hybridized carbons (Fsp3) is 0.0625. The summed E-state index contributed by atoms with van der Waals surface area (Å²) >= 11 is 0. The van der Waals surface area contributed by atoms with Crippen molar-refractivity contribution in [2.45, 2.75) is 0 Å². The van der Waals surface area contributed by atoms with Gasteiger partial charge in [-0.25, -0.2) is 4.39 Å². The van der Waals surface area contributed by atoms with Crippen molar-refractivity contribution in [3.63, 3.8) is 0 Å². The predicted molar refractivity (Wildman–Crippen MR) is 77.4 cm³/mol. The van der Waals surface area contributed by atoms with Gasteiger partial charge in [-0.15, -0.1) is 0 Å². The first-order chi connectivity index (χ1) is 9.65. The molecule has 0 saturated heterocycles. The molecule has 0 radical (unpaired) electrons. The van der Waals surface area contributed by atoms with Crippen LogP contribution in [0.5, 0.6) is 0 Å². The van der Waals surface area contributed by atoms with E-state index in [0.29, 0.717) is 11.2 Å². The standard InChI is InChI=1S/C16H13FN2O/c1-19(13-5-3-2-4-6-13)16(20)15-9-11-7-8-12(17)10-14(11)18-15/h2-10,18H,1H3. The van der Waals surface area contributed by atoms with Crippen LogP contribution in [0.15, 0.2) is 54.6 Å². The Hall–Kier alpha value is -2.62. The smallest absolute Gasteiger partial charge is 0.274 e. The van der Waals surface area contributed by atoms with Crippen molar-refractivity contribution in [3.8, 4) is 0 Å². The van der Waals surface area contributed by atoms with Crippen LogP contribution in [0.2, 0.25) is 0 Å². The summed E-state index contributed by atoms with van der Waals surface area (Å²) in [5, 5.41) is 0.816. The Kier molecular flexibility index (Phi) is 2.99. The number of hydrogen-bond acceptors (Lipinski definition) is 1. The molecular weight excluding hydrogens is 255 g/mol. The van der Waals surface area contributed by atoms with E-state index in [1.54, 1.807) is 24.1 Å². The van der Waals surface area contributed by atoms with Crippen molar-refractivity contribution >= 4 is 22.5 Å². The first-order valence-electron chi connectivity index (χ1n) is 6.26. The minimum atomic E-state index is -0.324. The van der Waals surface area contributed by atoms with Gasteiger partial charge in [-0.1, -0.05) is 18.2 Å². The molecule has 1 N–H and O–H groups in total. The molecule has 0 aliphatic rings. The highest BCUT2D eigenvalue weighted by molar-refractivity contribution is 6.07. The number of hydrogen-bond donors (Lipinski definition) is 1. The molecule has 2 aromatic carbocycles. The number of amides is 1. The van der Waals surface area contributed by atoms with E-state index in [4.69, 9.17) is 0 Å². The average molecular weight is 268 g/mol. The molecule has 1 heterocycles. The van der Waals surface area contributed by atoms with Gasteiger partial charge in [0.1, 0.15) is 11.5 Å². The molecule has 1 amide bonds. The Morgan fingerprint density at radius 2 is 1.85 bits per heavy atom. The number of H-pyrrole nitrogens is 1. The SMILES string of the molecule is CN(C(=O)c1cc2ccc(F)cc2[nH]1)c1ccccc1. The second-order valence-corrected chi connectivity index (χ2v) is 4.61. The molecular formula is C16H13FN2O. The van der Waals surface area contributed by atoms with Crippen LogP contribution in [0.4, 0.5) is 10.1 Å². The van der Waals surface area contributed by atoms with Crippen molar-refractivity contribution < 1.29 is 9.18 Å². The van der Waals surface area contributed by atoms with E-state index in [1.165, 1.54) is 12.1 Å². The van der Waals surface area contributed by atoms with E-state index in [2.05, 4.69) is 4.98 Å². The third-order valence-electron chi connectivity index (χ3n) is 3.26. The van der Waals surface area contributed by atoms with Crippen molar-refractivity contribution in [1.29, 1.82) is 0 Å². The Labute approximate surface area is 115 Å². The van der Waals surface area contributed by atoms with E-state index in [9.17, 15) is 9.18 Å². The maximum Gasteiger partial charge on any atom is 0.274 e. The second kappa shape index (κ2) is 4.81. The predicted octanol–water partition coefficient (Wildman–Crippen LogP) is 3.58. The summed E-state index contributed by atoms with van der Waals surface area (Å²) in [7, 11) is 1.71. The van der Waals surface area contributed by atoms with Crippen LogP contribution in [0.1, 0.15) is 10.5 Å². The van der Waals surface area contributed by atoms with Gasteiger partial charge in [-0.2, -0.15) is 0 Å². The fourth-order valence-corrected chi connectivity index (χ4v) is 2.16. The van der Waals surface area contributed by atoms with E-state index in [1.807, 2.05) is 30.3 Å². The summed E-state index contributed by atoms with van der Waals surface area (Å²) in [4.78, 5) is 16.9. The van der Waals surface area contributed by atoms with Gasteiger partial charge in [0.05, 0.1) is 0 Å². The summed E-state index contributed by atoms with van der Waals surface area (Å²) < 4.78 is 13.2. The maximum absolute atomic E-state index is 13.2. The van der Waals surface area contributed by atoms with Crippen molar-refractivity contribution in [2.75, 3.05) is 11.9 Å². The molecule has 3 aromatic rings. The Morgan fingerprint density at radius 1 is 1.10 bits per heavy atom. The number of halogens is 1. The zero-order valence-corrected chi connectivity index (χ0v) is 10.9. The topological polar surface area (TPSA) is 36.1 Å². The van der Waals surface area contributed by atoms with Crippen molar-refractivity contribution in [2.24, 2.45) is 0 Å². The minimum Gasteiger partial charge on any atom is -0.350 e. The number of carbonyl (C=O) groups is 1. The third-order valence-corrected chi connectivity index (χ3v) is 3.26. The number of benzene rings is 2. The number of anilines is 1. The summed E-state index contributed by atoms with van der Waals surface area (Å²) in [5.74, 6) is -0.484. The van der Waals surface area contributed by atoms with Crippen molar-refractivity contribution in [3.05, 3.63) is 66.1 Å². The van der Waals surface area contributed by atoms with Crippen LogP contribution in [-0.2, 0) is 0 Å². The van der Waals surface area contributed by atoms with E-state index >= 15 is 0 Å². The number of para-hydroxylation sites is 1. The minimum absolute atomic E-state index is 0.159. The molecule has 0 atom stereocenters. The van der Waals surface area contributed by atoms with Gasteiger partial charge in [0, 0.05) is 23.6 Å². The zero-order valence-electron chi connectivity index (χ0n) is 10.9. The lowest BCUT2D eigenvalue weighted by atomic mass is 10.2. The molecule has 3 nitrogen and oxygen atoms in total. The largest absolute Gasteiger partial charge is 0.350 e. The van der Waals surface area contributed by atoms with E-state index < -0.39 is 0 Å².